The van der Waals surface area contributed by atoms with Crippen LogP contribution in [0, 0.1) is 0 Å². The third kappa shape index (κ3) is 5.61. The minimum absolute atomic E-state index is 0.151. The summed E-state index contributed by atoms with van der Waals surface area (Å²) in [4.78, 5) is 14.6. The molecule has 0 fully saturated rings. The first-order valence-electron chi connectivity index (χ1n) is 9.57. The second-order valence-electron chi connectivity index (χ2n) is 6.70. The third-order valence-corrected chi connectivity index (χ3v) is 4.65. The average molecular weight is 365 g/mol. The number of ether oxygens (including phenoxy) is 2. The second kappa shape index (κ2) is 9.81. The summed E-state index contributed by atoms with van der Waals surface area (Å²) in [6, 6.07) is 16.2. The van der Waals surface area contributed by atoms with Gasteiger partial charge in [0.1, 0.15) is 0 Å². The Morgan fingerprint density at radius 2 is 1.78 bits per heavy atom. The van der Waals surface area contributed by atoms with Crippen LogP contribution in [0.2, 0.25) is 0 Å². The first kappa shape index (κ1) is 19.0. The molecule has 0 N–H and O–H groups in total. The van der Waals surface area contributed by atoms with Crippen molar-refractivity contribution in [2.75, 3.05) is 26.3 Å². The molecule has 4 heteroatoms. The average Bonchev–Trinajstić information content (AvgIpc) is 2.95. The molecular formula is C23H27NO3. The van der Waals surface area contributed by atoms with Gasteiger partial charge < -0.3 is 14.4 Å². The zero-order valence-electron chi connectivity index (χ0n) is 15.7. The van der Waals surface area contributed by atoms with E-state index in [1.54, 1.807) is 6.08 Å². The van der Waals surface area contributed by atoms with E-state index < -0.39 is 0 Å². The molecule has 0 spiro atoms. The van der Waals surface area contributed by atoms with E-state index in [9.17, 15) is 4.79 Å². The maximum absolute atomic E-state index is 12.7. The molecule has 0 atom stereocenters. The van der Waals surface area contributed by atoms with Crippen LogP contribution in [0.15, 0.2) is 61.2 Å². The maximum atomic E-state index is 12.7. The fourth-order valence-corrected chi connectivity index (χ4v) is 3.15. The molecule has 2 aromatic carbocycles. The van der Waals surface area contributed by atoms with Gasteiger partial charge in [0.05, 0.1) is 13.2 Å². The van der Waals surface area contributed by atoms with E-state index in [2.05, 4.69) is 18.7 Å². The molecule has 1 aliphatic rings. The predicted molar refractivity (Wildman–Crippen MR) is 107 cm³/mol. The highest BCUT2D eigenvalue weighted by Gasteiger charge is 2.14. The number of nitrogens with zero attached hydrogens (tertiary/aromatic N) is 1. The molecule has 0 unspecified atom stereocenters. The van der Waals surface area contributed by atoms with Gasteiger partial charge in [0.25, 0.3) is 0 Å². The lowest BCUT2D eigenvalue weighted by molar-refractivity contribution is -0.130. The van der Waals surface area contributed by atoms with Gasteiger partial charge in [0.15, 0.2) is 11.5 Å². The van der Waals surface area contributed by atoms with Gasteiger partial charge in [-0.3, -0.25) is 4.79 Å². The van der Waals surface area contributed by atoms with Crippen LogP contribution < -0.4 is 9.47 Å². The molecule has 1 amide bonds. The number of carbonyl (C=O) groups excluding carboxylic acids is 1. The summed E-state index contributed by atoms with van der Waals surface area (Å²) >= 11 is 0. The molecule has 0 aromatic heterocycles. The van der Waals surface area contributed by atoms with Crippen molar-refractivity contribution in [1.29, 1.82) is 0 Å². The minimum atomic E-state index is 0.151. The lowest BCUT2D eigenvalue weighted by Crippen LogP contribution is -2.33. The molecule has 27 heavy (non-hydrogen) atoms. The molecule has 2 aromatic rings. The third-order valence-electron chi connectivity index (χ3n) is 4.65. The van der Waals surface area contributed by atoms with Crippen LogP contribution in [0.3, 0.4) is 0 Å². The van der Waals surface area contributed by atoms with Gasteiger partial charge in [-0.05, 0) is 36.1 Å². The summed E-state index contributed by atoms with van der Waals surface area (Å²) in [5.41, 5.74) is 2.33. The van der Waals surface area contributed by atoms with Crippen molar-refractivity contribution < 1.29 is 14.3 Å². The lowest BCUT2D eigenvalue weighted by atomic mass is 10.1. The maximum Gasteiger partial charge on any atom is 0.223 e. The van der Waals surface area contributed by atoms with E-state index in [1.165, 1.54) is 5.56 Å². The monoisotopic (exact) mass is 365 g/mol. The van der Waals surface area contributed by atoms with Gasteiger partial charge in [-0.25, -0.2) is 0 Å². The molecule has 1 aliphatic heterocycles. The van der Waals surface area contributed by atoms with Crippen molar-refractivity contribution in [2.45, 2.75) is 25.7 Å². The highest BCUT2D eigenvalue weighted by Crippen LogP contribution is 2.30. The molecular weight excluding hydrogens is 338 g/mol. The molecule has 3 rings (SSSR count). The number of hydrogen-bond donors (Lipinski definition) is 0. The first-order valence-corrected chi connectivity index (χ1v) is 9.57. The van der Waals surface area contributed by atoms with Crippen LogP contribution in [0.25, 0.3) is 0 Å². The summed E-state index contributed by atoms with van der Waals surface area (Å²) in [6.45, 7) is 6.42. The molecule has 0 aliphatic carbocycles. The number of rotatable bonds is 8. The number of aryl methyl sites for hydroxylation is 1. The molecule has 4 nitrogen and oxygen atoms in total. The van der Waals surface area contributed by atoms with E-state index in [0.29, 0.717) is 39.1 Å². The van der Waals surface area contributed by atoms with Crippen molar-refractivity contribution in [3.05, 3.63) is 72.3 Å². The smallest absolute Gasteiger partial charge is 0.223 e. The molecule has 0 radical (unpaired) electrons. The van der Waals surface area contributed by atoms with E-state index in [1.807, 2.05) is 41.3 Å². The van der Waals surface area contributed by atoms with Crippen molar-refractivity contribution in [3.8, 4) is 11.5 Å². The highest BCUT2D eigenvalue weighted by molar-refractivity contribution is 5.76. The van der Waals surface area contributed by atoms with E-state index >= 15 is 0 Å². The summed E-state index contributed by atoms with van der Waals surface area (Å²) in [5, 5.41) is 0. The van der Waals surface area contributed by atoms with Gasteiger partial charge in [-0.1, -0.05) is 42.5 Å². The van der Waals surface area contributed by atoms with Crippen LogP contribution in [0.1, 0.15) is 24.0 Å². The lowest BCUT2D eigenvalue weighted by Gasteiger charge is -2.21. The molecule has 0 bridgehead atoms. The highest BCUT2D eigenvalue weighted by atomic mass is 16.5. The normalized spacial score (nSPS) is 12.9. The van der Waals surface area contributed by atoms with Crippen LogP contribution in [-0.2, 0) is 17.6 Å². The van der Waals surface area contributed by atoms with Crippen molar-refractivity contribution in [3.63, 3.8) is 0 Å². The van der Waals surface area contributed by atoms with Gasteiger partial charge >= 0.3 is 0 Å². The zero-order valence-corrected chi connectivity index (χ0v) is 15.7. The van der Waals surface area contributed by atoms with Gasteiger partial charge in [0, 0.05) is 25.9 Å². The summed E-state index contributed by atoms with van der Waals surface area (Å²) in [7, 11) is 0. The first-order chi connectivity index (χ1) is 13.3. The van der Waals surface area contributed by atoms with E-state index in [-0.39, 0.29) is 5.91 Å². The number of carbonyl (C=O) groups is 1. The predicted octanol–water partition coefficient (Wildman–Crippen LogP) is 4.04. The van der Waals surface area contributed by atoms with Crippen molar-refractivity contribution in [2.24, 2.45) is 0 Å². The Balaban J connectivity index is 1.55. The topological polar surface area (TPSA) is 38.8 Å². The van der Waals surface area contributed by atoms with Crippen LogP contribution >= 0.6 is 0 Å². The fourth-order valence-electron chi connectivity index (χ4n) is 3.15. The Bertz CT molecular complexity index is 757. The Labute approximate surface area is 161 Å². The Hall–Kier alpha value is -2.75. The van der Waals surface area contributed by atoms with Crippen LogP contribution in [0.4, 0.5) is 0 Å². The Morgan fingerprint density at radius 1 is 1.00 bits per heavy atom. The van der Waals surface area contributed by atoms with Gasteiger partial charge in [0.2, 0.25) is 5.91 Å². The van der Waals surface area contributed by atoms with Crippen molar-refractivity contribution in [1.82, 2.24) is 4.90 Å². The van der Waals surface area contributed by atoms with Gasteiger partial charge in [-0.15, -0.1) is 6.58 Å². The standard InChI is InChI=1S/C23H27NO3/c1-2-14-24(15-13-19-7-4-3-5-8-19)23(25)12-10-20-9-11-21-22(18-20)27-17-6-16-26-21/h2-5,7-9,11,18H,1,6,10,12-17H2. The molecule has 0 saturated carbocycles. The Kier molecular flexibility index (Phi) is 6.91. The summed E-state index contributed by atoms with van der Waals surface area (Å²) in [5.74, 6) is 1.72. The number of fused-ring (bicyclic) bond motifs is 1. The SMILES string of the molecule is C=CCN(CCc1ccccc1)C(=O)CCc1ccc2c(c1)OCCCO2. The summed E-state index contributed by atoms with van der Waals surface area (Å²) < 4.78 is 11.4. The van der Waals surface area contributed by atoms with E-state index in [0.717, 1.165) is 29.9 Å². The zero-order chi connectivity index (χ0) is 18.9. The molecule has 142 valence electrons. The fraction of sp³-hybridized carbons (Fsp3) is 0.348. The van der Waals surface area contributed by atoms with Crippen LogP contribution in [-0.4, -0.2) is 37.1 Å². The molecule has 1 heterocycles. The van der Waals surface area contributed by atoms with Crippen molar-refractivity contribution >= 4 is 5.91 Å². The minimum Gasteiger partial charge on any atom is -0.490 e. The molecule has 0 saturated heterocycles. The quantitative estimate of drug-likeness (QED) is 0.663. The van der Waals surface area contributed by atoms with E-state index in [4.69, 9.17) is 9.47 Å². The second-order valence-corrected chi connectivity index (χ2v) is 6.70. The van der Waals surface area contributed by atoms with Gasteiger partial charge in [-0.2, -0.15) is 0 Å². The Morgan fingerprint density at radius 3 is 2.56 bits per heavy atom. The van der Waals surface area contributed by atoms with Crippen LogP contribution in [0.5, 0.6) is 11.5 Å². The summed E-state index contributed by atoms with van der Waals surface area (Å²) in [6.07, 6.45) is 4.69. The number of benzene rings is 2. The number of amides is 1. The largest absolute Gasteiger partial charge is 0.490 e. The number of hydrogen-bond acceptors (Lipinski definition) is 3.